The topological polar surface area (TPSA) is 0 Å². The van der Waals surface area contributed by atoms with Crippen molar-refractivity contribution < 1.29 is 0 Å². The molecule has 0 fully saturated rings. The first-order chi connectivity index (χ1) is 28.8. The minimum atomic E-state index is 1.17. The van der Waals surface area contributed by atoms with Crippen LogP contribution < -0.4 is 0 Å². The van der Waals surface area contributed by atoms with Crippen molar-refractivity contribution in [2.24, 2.45) is 0 Å². The van der Waals surface area contributed by atoms with Crippen LogP contribution >= 0.6 is 0 Å². The summed E-state index contributed by atoms with van der Waals surface area (Å²) in [7, 11) is 0. The Morgan fingerprint density at radius 3 is 1.43 bits per heavy atom. The molecule has 0 unspecified atom stereocenters. The summed E-state index contributed by atoms with van der Waals surface area (Å²) in [4.78, 5) is 0. The third kappa shape index (κ3) is 4.95. The van der Waals surface area contributed by atoms with Gasteiger partial charge in [-0.1, -0.05) is 218 Å². The molecule has 0 saturated carbocycles. The highest BCUT2D eigenvalue weighted by Crippen LogP contribution is 2.51. The van der Waals surface area contributed by atoms with E-state index in [9.17, 15) is 0 Å². The van der Waals surface area contributed by atoms with Gasteiger partial charge in [-0.15, -0.1) is 0 Å². The Bertz CT molecular complexity index is 3400. The molecule has 0 bridgehead atoms. The van der Waals surface area contributed by atoms with Crippen LogP contribution in [0.25, 0.3) is 122 Å². The highest BCUT2D eigenvalue weighted by atomic mass is 14.3. The van der Waals surface area contributed by atoms with Crippen LogP contribution in [-0.2, 0) is 0 Å². The number of hydrogen-bond donors (Lipinski definition) is 0. The molecule has 0 spiro atoms. The molecule has 1 aliphatic rings. The zero-order valence-corrected chi connectivity index (χ0v) is 31.8. The van der Waals surface area contributed by atoms with E-state index in [1.807, 2.05) is 0 Å². The van der Waals surface area contributed by atoms with Gasteiger partial charge in [0.05, 0.1) is 0 Å². The molecule has 1 aliphatic carbocycles. The fourth-order valence-electron chi connectivity index (χ4n) is 9.87. The zero-order valence-electron chi connectivity index (χ0n) is 31.8. The molecule has 11 aromatic carbocycles. The van der Waals surface area contributed by atoms with Gasteiger partial charge in [0.2, 0.25) is 0 Å². The Hall–Kier alpha value is -7.54. The molecule has 12 rings (SSSR count). The van der Waals surface area contributed by atoms with E-state index in [4.69, 9.17) is 0 Å². The Kier molecular flexibility index (Phi) is 7.33. The average molecular weight is 733 g/mol. The van der Waals surface area contributed by atoms with Gasteiger partial charge < -0.3 is 0 Å². The lowest BCUT2D eigenvalue weighted by molar-refractivity contribution is 1.63. The highest BCUT2D eigenvalue weighted by Gasteiger charge is 2.24. The lowest BCUT2D eigenvalue weighted by atomic mass is 9.84. The number of fused-ring (bicyclic) bond motifs is 7. The quantitative estimate of drug-likeness (QED) is 0.122. The Morgan fingerprint density at radius 1 is 0.241 bits per heavy atom. The SMILES string of the molecule is C(=Cc1ccc(-c2cccc3ccccc23)c2ccccc12)c1ccc(-c2c3ccccc3c(-c3ccc4c5c(cccc35)-c3ccccc3-4)c3ccccc23)cc1. The van der Waals surface area contributed by atoms with E-state index in [-0.39, 0.29) is 0 Å². The monoisotopic (exact) mass is 732 g/mol. The summed E-state index contributed by atoms with van der Waals surface area (Å²) in [5.74, 6) is 0. The first kappa shape index (κ1) is 32.7. The molecule has 0 heterocycles. The van der Waals surface area contributed by atoms with E-state index in [1.54, 1.807) is 0 Å². The third-order valence-electron chi connectivity index (χ3n) is 12.4. The molecule has 0 aromatic heterocycles. The van der Waals surface area contributed by atoms with Crippen LogP contribution in [0.5, 0.6) is 0 Å². The molecular weight excluding hydrogens is 697 g/mol. The first-order valence-corrected chi connectivity index (χ1v) is 20.2. The molecule has 0 amide bonds. The van der Waals surface area contributed by atoms with Crippen molar-refractivity contribution in [2.45, 2.75) is 0 Å². The summed E-state index contributed by atoms with van der Waals surface area (Å²) in [6.07, 6.45) is 4.51. The minimum absolute atomic E-state index is 1.17. The van der Waals surface area contributed by atoms with Crippen molar-refractivity contribution in [1.29, 1.82) is 0 Å². The van der Waals surface area contributed by atoms with E-state index in [2.05, 4.69) is 218 Å². The molecule has 11 aromatic rings. The Morgan fingerprint density at radius 2 is 0.707 bits per heavy atom. The highest BCUT2D eigenvalue weighted by molar-refractivity contribution is 6.26. The lowest BCUT2D eigenvalue weighted by Crippen LogP contribution is -1.92. The normalized spacial score (nSPS) is 12.1. The Balaban J connectivity index is 0.954. The minimum Gasteiger partial charge on any atom is -0.0616 e. The van der Waals surface area contributed by atoms with E-state index < -0.39 is 0 Å². The lowest BCUT2D eigenvalue weighted by Gasteiger charge is -2.19. The van der Waals surface area contributed by atoms with Crippen LogP contribution in [0.15, 0.2) is 206 Å². The maximum atomic E-state index is 2.36. The van der Waals surface area contributed by atoms with E-state index in [1.165, 1.54) is 121 Å². The van der Waals surface area contributed by atoms with Crippen molar-refractivity contribution in [2.75, 3.05) is 0 Å². The molecule has 0 radical (unpaired) electrons. The van der Waals surface area contributed by atoms with Crippen LogP contribution in [0.4, 0.5) is 0 Å². The summed E-state index contributed by atoms with van der Waals surface area (Å²) in [6, 6.07) is 76.1. The summed E-state index contributed by atoms with van der Waals surface area (Å²) in [5, 5.41) is 12.8. The second-order valence-corrected chi connectivity index (χ2v) is 15.5. The number of benzene rings is 11. The van der Waals surface area contributed by atoms with Crippen molar-refractivity contribution in [3.05, 3.63) is 217 Å². The molecule has 0 saturated heterocycles. The second-order valence-electron chi connectivity index (χ2n) is 15.5. The fourth-order valence-corrected chi connectivity index (χ4v) is 9.87. The van der Waals surface area contributed by atoms with E-state index in [0.717, 1.165) is 0 Å². The summed E-state index contributed by atoms with van der Waals surface area (Å²) < 4.78 is 0. The maximum absolute atomic E-state index is 2.36. The van der Waals surface area contributed by atoms with Gasteiger partial charge in [0, 0.05) is 0 Å². The van der Waals surface area contributed by atoms with E-state index >= 15 is 0 Å². The van der Waals surface area contributed by atoms with E-state index in [0.29, 0.717) is 0 Å². The predicted molar refractivity (Wildman–Crippen MR) is 250 cm³/mol. The molecule has 58 heavy (non-hydrogen) atoms. The Labute approximate surface area is 337 Å². The van der Waals surface area contributed by atoms with Crippen molar-refractivity contribution in [3.63, 3.8) is 0 Å². The van der Waals surface area contributed by atoms with Crippen LogP contribution in [-0.4, -0.2) is 0 Å². The molecule has 0 nitrogen and oxygen atoms in total. The number of hydrogen-bond acceptors (Lipinski definition) is 0. The van der Waals surface area contributed by atoms with Crippen LogP contribution in [0, 0.1) is 0 Å². The molecule has 268 valence electrons. The van der Waals surface area contributed by atoms with Gasteiger partial charge in [0.25, 0.3) is 0 Å². The predicted octanol–water partition coefficient (Wildman–Crippen LogP) is 16.3. The van der Waals surface area contributed by atoms with Crippen LogP contribution in [0.2, 0.25) is 0 Å². The summed E-state index contributed by atoms with van der Waals surface area (Å²) >= 11 is 0. The largest absolute Gasteiger partial charge is 0.0616 e. The smallest absolute Gasteiger partial charge is 0.00201 e. The maximum Gasteiger partial charge on any atom is -0.00201 e. The van der Waals surface area contributed by atoms with Gasteiger partial charge in [-0.2, -0.15) is 0 Å². The second kappa shape index (κ2) is 13.0. The van der Waals surface area contributed by atoms with Crippen LogP contribution in [0.1, 0.15) is 11.1 Å². The number of rotatable bonds is 5. The van der Waals surface area contributed by atoms with Gasteiger partial charge in [-0.05, 0) is 121 Å². The summed E-state index contributed by atoms with van der Waals surface area (Å²) in [5.41, 5.74) is 15.3. The van der Waals surface area contributed by atoms with Gasteiger partial charge in [-0.25, -0.2) is 0 Å². The molecule has 0 aliphatic heterocycles. The van der Waals surface area contributed by atoms with Gasteiger partial charge in [-0.3, -0.25) is 0 Å². The molecule has 0 atom stereocenters. The third-order valence-corrected chi connectivity index (χ3v) is 12.4. The molecule has 0 heteroatoms. The van der Waals surface area contributed by atoms with Crippen molar-refractivity contribution >= 4 is 66.0 Å². The molecular formula is C58H36. The standard InChI is InChI=1S/C58H36/c1-2-15-41-38(13-1)14-11-24-44(41)47-34-33-39(42-16-3-4-17-43(42)47)30-27-37-28-31-40(32-29-37)56-49-20-7-9-22-51(49)58(52-23-10-8-21-50(52)56)55-36-35-54-46-19-6-5-18-45(46)48-25-12-26-53(55)57(48)54/h1-36H. The average Bonchev–Trinajstić information content (AvgIpc) is 3.62. The van der Waals surface area contributed by atoms with Crippen molar-refractivity contribution in [3.8, 4) is 55.6 Å². The molecule has 0 N–H and O–H groups in total. The van der Waals surface area contributed by atoms with Gasteiger partial charge in [0.15, 0.2) is 0 Å². The zero-order chi connectivity index (χ0) is 38.2. The van der Waals surface area contributed by atoms with Crippen molar-refractivity contribution in [1.82, 2.24) is 0 Å². The van der Waals surface area contributed by atoms with Gasteiger partial charge in [0.1, 0.15) is 0 Å². The first-order valence-electron chi connectivity index (χ1n) is 20.2. The van der Waals surface area contributed by atoms with Gasteiger partial charge >= 0.3 is 0 Å². The fraction of sp³-hybridized carbons (Fsp3) is 0. The summed E-state index contributed by atoms with van der Waals surface area (Å²) in [6.45, 7) is 0. The van der Waals surface area contributed by atoms with Crippen LogP contribution in [0.3, 0.4) is 0 Å².